The number of aliphatic carboxylic acids is 1. The molecule has 0 atom stereocenters. The summed E-state index contributed by atoms with van der Waals surface area (Å²) in [5.41, 5.74) is -0.00367. The van der Waals surface area contributed by atoms with Crippen molar-refractivity contribution in [2.45, 2.75) is 5.16 Å². The number of methoxy groups -OCH3 is 2. The molecule has 112 valence electrons. The van der Waals surface area contributed by atoms with E-state index in [-0.39, 0.29) is 10.9 Å². The number of nitrogens with one attached hydrogen (secondary N) is 1. The summed E-state index contributed by atoms with van der Waals surface area (Å²) in [7, 11) is 2.99. The molecular formula is C12H13N3O5S. The second-order valence-corrected chi connectivity index (χ2v) is 4.84. The van der Waals surface area contributed by atoms with Crippen LogP contribution in [0.1, 0.15) is 0 Å². The zero-order valence-electron chi connectivity index (χ0n) is 11.3. The fourth-order valence-electron chi connectivity index (χ4n) is 1.65. The fourth-order valence-corrected chi connectivity index (χ4v) is 2.34. The molecule has 9 heteroatoms. The van der Waals surface area contributed by atoms with Gasteiger partial charge in [0.15, 0.2) is 5.16 Å². The minimum Gasteiger partial charge on any atom is -0.497 e. The summed E-state index contributed by atoms with van der Waals surface area (Å²) in [6.45, 7) is 0. The third-order valence-corrected chi connectivity index (χ3v) is 3.48. The van der Waals surface area contributed by atoms with E-state index in [0.29, 0.717) is 17.2 Å². The molecule has 0 unspecified atom stereocenters. The number of carboxylic acids is 1. The number of thioether (sulfide) groups is 1. The summed E-state index contributed by atoms with van der Waals surface area (Å²) in [6.07, 6.45) is 0. The van der Waals surface area contributed by atoms with E-state index in [0.717, 1.165) is 11.8 Å². The number of ether oxygens (including phenoxy) is 2. The lowest BCUT2D eigenvalue weighted by Crippen LogP contribution is -2.16. The van der Waals surface area contributed by atoms with Crippen LogP contribution in [0.25, 0.3) is 5.69 Å². The molecule has 0 bridgehead atoms. The van der Waals surface area contributed by atoms with Crippen molar-refractivity contribution in [3.8, 4) is 17.2 Å². The first-order valence-corrected chi connectivity index (χ1v) is 6.79. The number of H-pyrrole nitrogens is 1. The van der Waals surface area contributed by atoms with Crippen molar-refractivity contribution in [1.29, 1.82) is 0 Å². The number of benzene rings is 1. The Morgan fingerprint density at radius 3 is 2.48 bits per heavy atom. The monoisotopic (exact) mass is 311 g/mol. The molecule has 1 aromatic heterocycles. The summed E-state index contributed by atoms with van der Waals surface area (Å²) < 4.78 is 11.6. The van der Waals surface area contributed by atoms with E-state index in [1.807, 2.05) is 0 Å². The van der Waals surface area contributed by atoms with Gasteiger partial charge in [0.1, 0.15) is 11.5 Å². The van der Waals surface area contributed by atoms with Gasteiger partial charge >= 0.3 is 11.7 Å². The van der Waals surface area contributed by atoms with Gasteiger partial charge in [0.25, 0.3) is 0 Å². The van der Waals surface area contributed by atoms with Gasteiger partial charge in [0.2, 0.25) is 0 Å². The van der Waals surface area contributed by atoms with Gasteiger partial charge < -0.3 is 14.6 Å². The van der Waals surface area contributed by atoms with Crippen LogP contribution in [0.4, 0.5) is 0 Å². The molecule has 0 saturated carbocycles. The molecule has 0 fully saturated rings. The maximum atomic E-state index is 11.9. The summed E-state index contributed by atoms with van der Waals surface area (Å²) in [5, 5.41) is 15.1. The second-order valence-electron chi connectivity index (χ2n) is 3.90. The van der Waals surface area contributed by atoms with Crippen molar-refractivity contribution in [3.63, 3.8) is 0 Å². The zero-order valence-corrected chi connectivity index (χ0v) is 12.1. The van der Waals surface area contributed by atoms with Gasteiger partial charge in [-0.15, -0.1) is 5.10 Å². The van der Waals surface area contributed by atoms with Crippen LogP contribution in [0, 0.1) is 0 Å². The standard InChI is InChI=1S/C12H13N3O5S/c1-19-8-3-7(4-9(5-8)20-2)15-11(18)13-14-12(15)21-6-10(16)17/h3-5H,6H2,1-2H3,(H,13,18)(H,16,17). The second kappa shape index (κ2) is 6.35. The highest BCUT2D eigenvalue weighted by atomic mass is 32.2. The lowest BCUT2D eigenvalue weighted by Gasteiger charge is -2.09. The predicted molar refractivity (Wildman–Crippen MR) is 75.6 cm³/mol. The Labute approximate surface area is 123 Å². The van der Waals surface area contributed by atoms with Gasteiger partial charge in [-0.05, 0) is 0 Å². The first-order valence-electron chi connectivity index (χ1n) is 5.80. The fraction of sp³-hybridized carbons (Fsp3) is 0.250. The molecule has 2 aromatic rings. The van der Waals surface area contributed by atoms with Crippen molar-refractivity contribution in [3.05, 3.63) is 28.7 Å². The molecule has 8 nitrogen and oxygen atoms in total. The van der Waals surface area contributed by atoms with E-state index in [9.17, 15) is 9.59 Å². The van der Waals surface area contributed by atoms with E-state index in [2.05, 4.69) is 10.2 Å². The highest BCUT2D eigenvalue weighted by Crippen LogP contribution is 2.26. The molecular weight excluding hydrogens is 298 g/mol. The van der Waals surface area contributed by atoms with Gasteiger partial charge in [-0.25, -0.2) is 14.5 Å². The smallest absolute Gasteiger partial charge is 0.348 e. The molecule has 0 aliphatic carbocycles. The highest BCUT2D eigenvalue weighted by molar-refractivity contribution is 7.99. The minimum absolute atomic E-state index is 0.203. The largest absolute Gasteiger partial charge is 0.497 e. The van der Waals surface area contributed by atoms with Crippen LogP contribution in [-0.2, 0) is 4.79 Å². The number of rotatable bonds is 6. The molecule has 2 rings (SSSR count). The molecule has 0 saturated heterocycles. The zero-order chi connectivity index (χ0) is 15.4. The maximum Gasteiger partial charge on any atom is 0.348 e. The number of nitrogens with zero attached hydrogens (tertiary/aromatic N) is 2. The van der Waals surface area contributed by atoms with E-state index in [1.54, 1.807) is 18.2 Å². The topological polar surface area (TPSA) is 106 Å². The molecule has 1 heterocycles. The Morgan fingerprint density at radius 1 is 1.33 bits per heavy atom. The number of hydrogen-bond donors (Lipinski definition) is 2. The average molecular weight is 311 g/mol. The highest BCUT2D eigenvalue weighted by Gasteiger charge is 2.14. The van der Waals surface area contributed by atoms with Crippen LogP contribution in [0.5, 0.6) is 11.5 Å². The van der Waals surface area contributed by atoms with E-state index < -0.39 is 11.7 Å². The van der Waals surface area contributed by atoms with Crippen LogP contribution < -0.4 is 15.2 Å². The Balaban J connectivity index is 2.48. The molecule has 0 aliphatic heterocycles. The minimum atomic E-state index is -0.995. The number of aromatic amines is 1. The van der Waals surface area contributed by atoms with Gasteiger partial charge in [-0.2, -0.15) is 0 Å². The van der Waals surface area contributed by atoms with Crippen LogP contribution in [0.15, 0.2) is 28.2 Å². The Morgan fingerprint density at radius 2 is 1.95 bits per heavy atom. The quantitative estimate of drug-likeness (QED) is 0.758. The van der Waals surface area contributed by atoms with Crippen molar-refractivity contribution in [2.24, 2.45) is 0 Å². The molecule has 0 radical (unpaired) electrons. The molecule has 1 aromatic carbocycles. The number of hydrogen-bond acceptors (Lipinski definition) is 6. The lowest BCUT2D eigenvalue weighted by atomic mass is 10.3. The van der Waals surface area contributed by atoms with Crippen molar-refractivity contribution in [2.75, 3.05) is 20.0 Å². The normalized spacial score (nSPS) is 10.4. The van der Waals surface area contributed by atoms with Crippen LogP contribution in [0.2, 0.25) is 0 Å². The molecule has 0 spiro atoms. The lowest BCUT2D eigenvalue weighted by molar-refractivity contribution is -0.133. The van der Waals surface area contributed by atoms with Crippen LogP contribution in [-0.4, -0.2) is 45.8 Å². The van der Waals surface area contributed by atoms with Crippen LogP contribution >= 0.6 is 11.8 Å². The SMILES string of the molecule is COc1cc(OC)cc(-n2c(SCC(=O)O)n[nH]c2=O)c1. The first kappa shape index (κ1) is 15.0. The summed E-state index contributed by atoms with van der Waals surface area (Å²) >= 11 is 0.937. The first-order chi connectivity index (χ1) is 10.0. The van der Waals surface area contributed by atoms with E-state index in [1.165, 1.54) is 18.8 Å². The van der Waals surface area contributed by atoms with Crippen molar-refractivity contribution >= 4 is 17.7 Å². The maximum absolute atomic E-state index is 11.9. The Kier molecular flexibility index (Phi) is 4.53. The average Bonchev–Trinajstić information content (AvgIpc) is 2.85. The van der Waals surface area contributed by atoms with Crippen LogP contribution in [0.3, 0.4) is 0 Å². The third-order valence-electron chi connectivity index (χ3n) is 2.56. The third kappa shape index (κ3) is 3.37. The summed E-state index contributed by atoms with van der Waals surface area (Å²) in [4.78, 5) is 22.5. The van der Waals surface area contributed by atoms with Gasteiger partial charge in [0, 0.05) is 18.2 Å². The number of carbonyl (C=O) groups is 1. The Bertz CT molecular complexity index is 687. The van der Waals surface area contributed by atoms with E-state index in [4.69, 9.17) is 14.6 Å². The predicted octanol–water partition coefficient (Wildman–Crippen LogP) is 0.754. The number of carboxylic acid groups (broad SMARTS) is 1. The van der Waals surface area contributed by atoms with Gasteiger partial charge in [-0.1, -0.05) is 11.8 Å². The molecule has 0 aliphatic rings. The molecule has 2 N–H and O–H groups in total. The number of aromatic nitrogens is 3. The van der Waals surface area contributed by atoms with Gasteiger partial charge in [-0.3, -0.25) is 4.79 Å². The molecule has 21 heavy (non-hydrogen) atoms. The molecule has 0 amide bonds. The Hall–Kier alpha value is -2.42. The van der Waals surface area contributed by atoms with Crippen molar-refractivity contribution in [1.82, 2.24) is 14.8 Å². The summed E-state index contributed by atoms with van der Waals surface area (Å²) in [6, 6.07) is 4.92. The van der Waals surface area contributed by atoms with Crippen molar-refractivity contribution < 1.29 is 19.4 Å². The van der Waals surface area contributed by atoms with E-state index >= 15 is 0 Å². The van der Waals surface area contributed by atoms with Gasteiger partial charge in [0.05, 0.1) is 25.7 Å². The summed E-state index contributed by atoms with van der Waals surface area (Å²) in [5.74, 6) is -0.186.